The predicted octanol–water partition coefficient (Wildman–Crippen LogP) is 5.10. The van der Waals surface area contributed by atoms with E-state index < -0.39 is 0 Å². The zero-order valence-electron chi connectivity index (χ0n) is 17.2. The van der Waals surface area contributed by atoms with Crippen molar-refractivity contribution in [3.8, 4) is 0 Å². The number of pyridine rings is 1. The molecule has 0 bridgehead atoms. The van der Waals surface area contributed by atoms with Crippen LogP contribution in [0.15, 0.2) is 41.9 Å². The van der Waals surface area contributed by atoms with E-state index in [1.165, 1.54) is 31.5 Å². The van der Waals surface area contributed by atoms with E-state index in [2.05, 4.69) is 15.6 Å². The number of hydrogen-bond donors (Lipinski definition) is 0. The molecule has 156 valence electrons. The zero-order chi connectivity index (χ0) is 20.3. The van der Waals surface area contributed by atoms with Gasteiger partial charge >= 0.3 is 0 Å². The summed E-state index contributed by atoms with van der Waals surface area (Å²) < 4.78 is 2.40. The molecule has 3 aromatic rings. The third-order valence-corrected chi connectivity index (χ3v) is 7.38. The van der Waals surface area contributed by atoms with E-state index in [1.54, 1.807) is 17.4 Å². The van der Waals surface area contributed by atoms with Crippen molar-refractivity contribution in [2.24, 2.45) is 5.92 Å². The Morgan fingerprint density at radius 3 is 2.73 bits per heavy atom. The number of amides is 1. The number of carbonyl (C=O) groups excluding carboxylic acids is 1. The molecule has 0 N–H and O–H groups in total. The van der Waals surface area contributed by atoms with Crippen LogP contribution >= 0.6 is 11.3 Å². The van der Waals surface area contributed by atoms with Crippen LogP contribution in [0.4, 0.5) is 0 Å². The highest BCUT2D eigenvalue weighted by atomic mass is 32.1. The van der Waals surface area contributed by atoms with Crippen LogP contribution in [0.25, 0.3) is 17.2 Å². The number of likely N-dealkylation sites (tertiary alicyclic amines) is 1. The summed E-state index contributed by atoms with van der Waals surface area (Å²) in [6.45, 7) is 1.57. The molecule has 0 atom stereocenters. The Morgan fingerprint density at radius 2 is 1.97 bits per heavy atom. The normalized spacial score (nSPS) is 18.7. The number of rotatable bonds is 5. The molecular formula is C24H28N4OS. The zero-order valence-corrected chi connectivity index (χ0v) is 18.1. The number of piperidine rings is 1. The quantitative estimate of drug-likeness (QED) is 0.540. The van der Waals surface area contributed by atoms with Crippen molar-refractivity contribution in [1.29, 1.82) is 0 Å². The number of carbonyl (C=O) groups is 1. The lowest BCUT2D eigenvalue weighted by Gasteiger charge is -2.33. The SMILES string of the molecule is O=C(C=Cc1cccs1)N1CCC(n2c(CC3CCCC3)nc3cccnc32)CC1. The maximum absolute atomic E-state index is 12.6. The Bertz CT molecular complexity index is 1020. The lowest BCUT2D eigenvalue weighted by molar-refractivity contribution is -0.127. The first-order valence-corrected chi connectivity index (χ1v) is 12.0. The highest BCUT2D eigenvalue weighted by Gasteiger charge is 2.28. The van der Waals surface area contributed by atoms with Gasteiger partial charge in [0.15, 0.2) is 5.65 Å². The molecular weight excluding hydrogens is 392 g/mol. The first-order valence-electron chi connectivity index (χ1n) is 11.1. The Hall–Kier alpha value is -2.47. The summed E-state index contributed by atoms with van der Waals surface area (Å²) in [5.74, 6) is 2.06. The molecule has 5 rings (SSSR count). The van der Waals surface area contributed by atoms with Crippen molar-refractivity contribution in [2.45, 2.75) is 51.0 Å². The molecule has 1 aliphatic carbocycles. The Balaban J connectivity index is 1.31. The van der Waals surface area contributed by atoms with Crippen LogP contribution in [0.2, 0.25) is 0 Å². The smallest absolute Gasteiger partial charge is 0.246 e. The number of imidazole rings is 1. The van der Waals surface area contributed by atoms with Gasteiger partial charge in [0, 0.05) is 42.7 Å². The molecule has 0 spiro atoms. The van der Waals surface area contributed by atoms with E-state index in [-0.39, 0.29) is 5.91 Å². The maximum Gasteiger partial charge on any atom is 0.246 e. The number of thiophene rings is 1. The summed E-state index contributed by atoms with van der Waals surface area (Å²) in [5, 5.41) is 2.03. The van der Waals surface area contributed by atoms with E-state index in [0.29, 0.717) is 6.04 Å². The van der Waals surface area contributed by atoms with Gasteiger partial charge < -0.3 is 9.47 Å². The molecule has 4 heterocycles. The van der Waals surface area contributed by atoms with Gasteiger partial charge in [0.05, 0.1) is 0 Å². The van der Waals surface area contributed by atoms with Crippen LogP contribution in [0.1, 0.15) is 55.3 Å². The van der Waals surface area contributed by atoms with E-state index >= 15 is 0 Å². The summed E-state index contributed by atoms with van der Waals surface area (Å²) in [7, 11) is 0. The van der Waals surface area contributed by atoms with E-state index in [0.717, 1.165) is 54.3 Å². The average molecular weight is 421 g/mol. The molecule has 1 aliphatic heterocycles. The van der Waals surface area contributed by atoms with Crippen LogP contribution < -0.4 is 0 Å². The summed E-state index contributed by atoms with van der Waals surface area (Å²) >= 11 is 1.65. The molecule has 2 fully saturated rings. The lowest BCUT2D eigenvalue weighted by atomic mass is 10.0. The topological polar surface area (TPSA) is 51.0 Å². The molecule has 3 aromatic heterocycles. The van der Waals surface area contributed by atoms with Crippen LogP contribution in [0.3, 0.4) is 0 Å². The van der Waals surface area contributed by atoms with Gasteiger partial charge in [-0.15, -0.1) is 11.3 Å². The summed E-state index contributed by atoms with van der Waals surface area (Å²) in [6, 6.07) is 8.45. The second-order valence-corrected chi connectivity index (χ2v) is 9.48. The van der Waals surface area contributed by atoms with Gasteiger partial charge in [0.1, 0.15) is 11.3 Å². The molecule has 6 heteroatoms. The molecule has 1 amide bonds. The minimum atomic E-state index is 0.113. The molecule has 1 saturated carbocycles. The van der Waals surface area contributed by atoms with Gasteiger partial charge in [-0.25, -0.2) is 9.97 Å². The monoisotopic (exact) mass is 420 g/mol. The lowest BCUT2D eigenvalue weighted by Crippen LogP contribution is -2.38. The van der Waals surface area contributed by atoms with E-state index in [9.17, 15) is 4.79 Å². The standard InChI is InChI=1S/C24H28N4OS/c29-23(10-9-20-7-4-16-30-20)27-14-11-19(12-15-27)28-22(17-18-5-1-2-6-18)26-21-8-3-13-25-24(21)28/h3-4,7-10,13,16,18-19H,1-2,5-6,11-12,14-15,17H2. The van der Waals surface area contributed by atoms with E-state index in [4.69, 9.17) is 4.98 Å². The predicted molar refractivity (Wildman–Crippen MR) is 121 cm³/mol. The first kappa shape index (κ1) is 19.5. The van der Waals surface area contributed by atoms with Crippen molar-refractivity contribution < 1.29 is 4.79 Å². The summed E-state index contributed by atoms with van der Waals surface area (Å²) in [6.07, 6.45) is 13.8. The molecule has 1 saturated heterocycles. The minimum absolute atomic E-state index is 0.113. The summed E-state index contributed by atoms with van der Waals surface area (Å²) in [4.78, 5) is 25.3. The van der Waals surface area contributed by atoms with Gasteiger partial charge in [-0.3, -0.25) is 4.79 Å². The third-order valence-electron chi connectivity index (χ3n) is 6.54. The van der Waals surface area contributed by atoms with Gasteiger partial charge in [-0.1, -0.05) is 31.7 Å². The Morgan fingerprint density at radius 1 is 1.13 bits per heavy atom. The highest BCUT2D eigenvalue weighted by molar-refractivity contribution is 7.10. The van der Waals surface area contributed by atoms with Crippen LogP contribution in [-0.4, -0.2) is 38.4 Å². The molecule has 2 aliphatic rings. The fraction of sp³-hybridized carbons (Fsp3) is 0.458. The highest BCUT2D eigenvalue weighted by Crippen LogP contribution is 2.32. The van der Waals surface area contributed by atoms with Gasteiger partial charge in [0.25, 0.3) is 0 Å². The van der Waals surface area contributed by atoms with Crippen LogP contribution in [-0.2, 0) is 11.2 Å². The fourth-order valence-electron chi connectivity index (χ4n) is 4.97. The van der Waals surface area contributed by atoms with Crippen LogP contribution in [0.5, 0.6) is 0 Å². The minimum Gasteiger partial charge on any atom is -0.339 e. The molecule has 0 aromatic carbocycles. The number of aromatic nitrogens is 3. The average Bonchev–Trinajstić information content (AvgIpc) is 3.53. The number of fused-ring (bicyclic) bond motifs is 1. The van der Waals surface area contributed by atoms with Crippen molar-refractivity contribution in [1.82, 2.24) is 19.4 Å². The second-order valence-electron chi connectivity index (χ2n) is 8.50. The largest absolute Gasteiger partial charge is 0.339 e. The van der Waals surface area contributed by atoms with Gasteiger partial charge in [-0.05, 0) is 48.4 Å². The van der Waals surface area contributed by atoms with Crippen molar-refractivity contribution in [2.75, 3.05) is 13.1 Å². The summed E-state index contributed by atoms with van der Waals surface area (Å²) in [5.41, 5.74) is 2.01. The van der Waals surface area contributed by atoms with Crippen molar-refractivity contribution >= 4 is 34.5 Å². The van der Waals surface area contributed by atoms with Crippen molar-refractivity contribution in [3.63, 3.8) is 0 Å². The first-order chi connectivity index (χ1) is 14.8. The molecule has 0 unspecified atom stereocenters. The molecule has 5 nitrogen and oxygen atoms in total. The third kappa shape index (κ3) is 4.06. The van der Waals surface area contributed by atoms with Gasteiger partial charge in [-0.2, -0.15) is 0 Å². The van der Waals surface area contributed by atoms with Gasteiger partial charge in [0.2, 0.25) is 5.91 Å². The molecule has 30 heavy (non-hydrogen) atoms. The Kier molecular flexibility index (Phi) is 5.67. The maximum atomic E-state index is 12.6. The van der Waals surface area contributed by atoms with Crippen LogP contribution in [0, 0.1) is 5.92 Å². The molecule has 0 radical (unpaired) electrons. The van der Waals surface area contributed by atoms with Crippen molar-refractivity contribution in [3.05, 3.63) is 52.6 Å². The number of nitrogens with zero attached hydrogens (tertiary/aromatic N) is 4. The van der Waals surface area contributed by atoms with E-state index in [1.807, 2.05) is 40.8 Å². The second kappa shape index (κ2) is 8.72. The fourth-order valence-corrected chi connectivity index (χ4v) is 5.58. The number of hydrogen-bond acceptors (Lipinski definition) is 4. The Labute approximate surface area is 181 Å².